The normalized spacial score (nSPS) is 14.7. The van der Waals surface area contributed by atoms with Crippen LogP contribution < -0.4 is 5.32 Å². The Kier molecular flexibility index (Phi) is 7.60. The molecule has 3 rings (SSSR count). The fourth-order valence-corrected chi connectivity index (χ4v) is 3.88. The van der Waals surface area contributed by atoms with Crippen molar-refractivity contribution in [3.63, 3.8) is 0 Å². The Morgan fingerprint density at radius 2 is 1.57 bits per heavy atom. The molecule has 0 spiro atoms. The highest BCUT2D eigenvalue weighted by Crippen LogP contribution is 2.14. The van der Waals surface area contributed by atoms with Gasteiger partial charge in [-0.2, -0.15) is 0 Å². The third-order valence-electron chi connectivity index (χ3n) is 5.30. The average Bonchev–Trinajstić information content (AvgIpc) is 2.68. The van der Waals surface area contributed by atoms with Gasteiger partial charge in [0.05, 0.1) is 13.1 Å². The van der Waals surface area contributed by atoms with Gasteiger partial charge in [0, 0.05) is 38.4 Å². The maximum absolute atomic E-state index is 12.6. The number of amides is 2. The Morgan fingerprint density at radius 1 is 0.933 bits per heavy atom. The number of rotatable bonds is 7. The number of likely N-dealkylation sites (N-methyl/N-ethyl adjacent to an activating group) is 1. The molecule has 1 saturated heterocycles. The Bertz CT molecular complexity index is 841. The molecule has 1 fully saturated rings. The monoisotopic (exact) mass is 408 g/mol. The molecule has 1 heterocycles. The molecule has 1 N–H and O–H groups in total. The summed E-state index contributed by atoms with van der Waals surface area (Å²) in [6, 6.07) is 16.4. The summed E-state index contributed by atoms with van der Waals surface area (Å²) in [7, 11) is 1.81. The number of nitrogens with zero attached hydrogens (tertiary/aromatic N) is 3. The van der Waals surface area contributed by atoms with Crippen LogP contribution in [0.5, 0.6) is 0 Å². The van der Waals surface area contributed by atoms with Crippen molar-refractivity contribution in [3.05, 3.63) is 65.2 Å². The largest absolute Gasteiger partial charge is 0.339 e. The van der Waals surface area contributed by atoms with E-state index in [-0.39, 0.29) is 24.9 Å². The molecule has 0 bridgehead atoms. The van der Waals surface area contributed by atoms with E-state index >= 15 is 0 Å². The van der Waals surface area contributed by atoms with Crippen LogP contribution in [0.4, 0.5) is 5.69 Å². The molecule has 0 atom stereocenters. The van der Waals surface area contributed by atoms with Gasteiger partial charge in [0.2, 0.25) is 11.8 Å². The van der Waals surface area contributed by atoms with Crippen molar-refractivity contribution in [1.82, 2.24) is 14.7 Å². The number of piperazine rings is 1. The van der Waals surface area contributed by atoms with Crippen LogP contribution >= 0.6 is 0 Å². The summed E-state index contributed by atoms with van der Waals surface area (Å²) in [4.78, 5) is 31.0. The van der Waals surface area contributed by atoms with Crippen LogP contribution in [0.25, 0.3) is 0 Å². The Hall–Kier alpha value is -2.70. The van der Waals surface area contributed by atoms with Gasteiger partial charge in [-0.1, -0.05) is 36.4 Å². The summed E-state index contributed by atoms with van der Waals surface area (Å²) in [5.41, 5.74) is 4.32. The zero-order valence-corrected chi connectivity index (χ0v) is 18.2. The predicted octanol–water partition coefficient (Wildman–Crippen LogP) is 2.52. The minimum Gasteiger partial charge on any atom is -0.339 e. The zero-order chi connectivity index (χ0) is 21.5. The second kappa shape index (κ2) is 10.4. The van der Waals surface area contributed by atoms with Crippen molar-refractivity contribution in [2.75, 3.05) is 51.6 Å². The van der Waals surface area contributed by atoms with Crippen molar-refractivity contribution in [3.8, 4) is 0 Å². The van der Waals surface area contributed by atoms with Crippen LogP contribution in [0.2, 0.25) is 0 Å². The van der Waals surface area contributed by atoms with Crippen LogP contribution in [0.15, 0.2) is 48.5 Å². The summed E-state index contributed by atoms with van der Waals surface area (Å²) in [5.74, 6) is -0.0287. The maximum atomic E-state index is 12.6. The number of anilines is 1. The number of benzene rings is 2. The van der Waals surface area contributed by atoms with Gasteiger partial charge in [-0.25, -0.2) is 0 Å². The fourth-order valence-electron chi connectivity index (χ4n) is 3.88. The van der Waals surface area contributed by atoms with Gasteiger partial charge in [0.1, 0.15) is 0 Å². The molecule has 0 saturated carbocycles. The second-order valence-corrected chi connectivity index (χ2v) is 8.24. The van der Waals surface area contributed by atoms with E-state index in [9.17, 15) is 9.59 Å². The molecule has 6 nitrogen and oxygen atoms in total. The van der Waals surface area contributed by atoms with Crippen LogP contribution in [-0.4, -0.2) is 72.8 Å². The lowest BCUT2D eigenvalue weighted by Crippen LogP contribution is -2.51. The number of carbonyl (C=O) groups excluding carboxylic acids is 2. The quantitative estimate of drug-likeness (QED) is 0.765. The first-order chi connectivity index (χ1) is 14.4. The number of hydrogen-bond acceptors (Lipinski definition) is 4. The van der Waals surface area contributed by atoms with Crippen molar-refractivity contribution < 1.29 is 9.59 Å². The van der Waals surface area contributed by atoms with Gasteiger partial charge in [-0.05, 0) is 49.7 Å². The van der Waals surface area contributed by atoms with Gasteiger partial charge in [0.25, 0.3) is 0 Å². The first-order valence-corrected chi connectivity index (χ1v) is 10.5. The molecular weight excluding hydrogens is 376 g/mol. The van der Waals surface area contributed by atoms with E-state index in [1.165, 1.54) is 5.56 Å². The van der Waals surface area contributed by atoms with E-state index in [0.717, 1.165) is 49.5 Å². The SMILES string of the molecule is Cc1cc(C)cc(NC(=O)CN(C)CC(=O)N2CCN(Cc3ccccc3)CC2)c1. The number of nitrogens with one attached hydrogen (secondary N) is 1. The molecule has 1 aliphatic rings. The van der Waals surface area contributed by atoms with E-state index in [2.05, 4.69) is 40.5 Å². The highest BCUT2D eigenvalue weighted by molar-refractivity contribution is 5.92. The van der Waals surface area contributed by atoms with Gasteiger partial charge in [-0.15, -0.1) is 0 Å². The second-order valence-electron chi connectivity index (χ2n) is 8.24. The van der Waals surface area contributed by atoms with E-state index in [1.54, 1.807) is 4.90 Å². The Labute approximate surface area is 179 Å². The van der Waals surface area contributed by atoms with Gasteiger partial charge in [0.15, 0.2) is 0 Å². The minimum absolute atomic E-state index is 0.0797. The Morgan fingerprint density at radius 3 is 2.20 bits per heavy atom. The molecule has 2 aromatic carbocycles. The van der Waals surface area contributed by atoms with Gasteiger partial charge in [-0.3, -0.25) is 19.4 Å². The average molecular weight is 409 g/mol. The summed E-state index contributed by atoms with van der Waals surface area (Å²) in [6.45, 7) is 8.57. The van der Waals surface area contributed by atoms with Crippen LogP contribution in [0.1, 0.15) is 16.7 Å². The number of hydrogen-bond donors (Lipinski definition) is 1. The first-order valence-electron chi connectivity index (χ1n) is 10.5. The van der Waals surface area contributed by atoms with E-state index in [1.807, 2.05) is 44.0 Å². The minimum atomic E-state index is -0.108. The molecule has 0 radical (unpaired) electrons. The van der Waals surface area contributed by atoms with E-state index in [4.69, 9.17) is 0 Å². The highest BCUT2D eigenvalue weighted by Gasteiger charge is 2.22. The van der Waals surface area contributed by atoms with Crippen LogP contribution in [0.3, 0.4) is 0 Å². The fraction of sp³-hybridized carbons (Fsp3) is 0.417. The summed E-state index contributed by atoms with van der Waals surface area (Å²) in [6.07, 6.45) is 0. The molecular formula is C24H32N4O2. The topological polar surface area (TPSA) is 55.9 Å². The molecule has 1 aliphatic heterocycles. The van der Waals surface area contributed by atoms with Crippen molar-refractivity contribution in [2.45, 2.75) is 20.4 Å². The zero-order valence-electron chi connectivity index (χ0n) is 18.2. The smallest absolute Gasteiger partial charge is 0.238 e. The molecule has 0 aromatic heterocycles. The van der Waals surface area contributed by atoms with Gasteiger partial charge >= 0.3 is 0 Å². The molecule has 6 heteroatoms. The molecule has 30 heavy (non-hydrogen) atoms. The lowest BCUT2D eigenvalue weighted by molar-refractivity contribution is -0.134. The van der Waals surface area contributed by atoms with Crippen LogP contribution in [0, 0.1) is 13.8 Å². The standard InChI is InChI=1S/C24H32N4O2/c1-19-13-20(2)15-22(14-19)25-23(29)17-26(3)18-24(30)28-11-9-27(10-12-28)16-21-7-5-4-6-8-21/h4-8,13-15H,9-12,16-18H2,1-3H3,(H,25,29). The summed E-state index contributed by atoms with van der Waals surface area (Å²) < 4.78 is 0. The molecule has 160 valence electrons. The maximum Gasteiger partial charge on any atom is 0.238 e. The van der Waals surface area contributed by atoms with Crippen molar-refractivity contribution >= 4 is 17.5 Å². The molecule has 2 aromatic rings. The highest BCUT2D eigenvalue weighted by atomic mass is 16.2. The third-order valence-corrected chi connectivity index (χ3v) is 5.30. The third kappa shape index (κ3) is 6.68. The Balaban J connectivity index is 1.40. The van der Waals surface area contributed by atoms with Crippen molar-refractivity contribution in [1.29, 1.82) is 0 Å². The lowest BCUT2D eigenvalue weighted by atomic mass is 10.1. The van der Waals surface area contributed by atoms with Crippen LogP contribution in [-0.2, 0) is 16.1 Å². The van der Waals surface area contributed by atoms with E-state index < -0.39 is 0 Å². The summed E-state index contributed by atoms with van der Waals surface area (Å²) >= 11 is 0. The molecule has 0 aliphatic carbocycles. The van der Waals surface area contributed by atoms with Crippen molar-refractivity contribution in [2.24, 2.45) is 0 Å². The predicted molar refractivity (Wildman–Crippen MR) is 120 cm³/mol. The number of carbonyl (C=O) groups is 2. The van der Waals surface area contributed by atoms with Gasteiger partial charge < -0.3 is 10.2 Å². The molecule has 2 amide bonds. The molecule has 0 unspecified atom stereocenters. The number of aryl methyl sites for hydroxylation is 2. The first kappa shape index (κ1) is 22.0. The lowest BCUT2D eigenvalue weighted by Gasteiger charge is -2.35. The summed E-state index contributed by atoms with van der Waals surface area (Å²) in [5, 5.41) is 2.92. The van der Waals surface area contributed by atoms with E-state index in [0.29, 0.717) is 0 Å².